The van der Waals surface area contributed by atoms with Crippen LogP contribution in [0.1, 0.15) is 23.2 Å². The molecule has 0 atom stereocenters. The number of carbonyl (C=O) groups excluding carboxylic acids is 1. The Hall–Kier alpha value is -2.73. The topological polar surface area (TPSA) is 80.0 Å². The summed E-state index contributed by atoms with van der Waals surface area (Å²) < 4.78 is 5.69. The van der Waals surface area contributed by atoms with Crippen molar-refractivity contribution in [3.8, 4) is 11.5 Å². The highest BCUT2D eigenvalue weighted by Gasteiger charge is 2.11. The van der Waals surface area contributed by atoms with E-state index < -0.39 is 0 Å². The lowest BCUT2D eigenvalue weighted by molar-refractivity contribution is 0.0976. The predicted molar refractivity (Wildman–Crippen MR) is 97.9 cm³/mol. The summed E-state index contributed by atoms with van der Waals surface area (Å²) in [5, 5.41) is 9.28. The fourth-order valence-corrected chi connectivity index (χ4v) is 2.61. The van der Waals surface area contributed by atoms with Crippen LogP contribution in [0.2, 0.25) is 5.02 Å². The zero-order valence-electron chi connectivity index (χ0n) is 13.6. The van der Waals surface area contributed by atoms with Crippen LogP contribution < -0.4 is 15.8 Å². The largest absolute Gasteiger partial charge is 0.457 e. The maximum Gasteiger partial charge on any atom is 0.257 e. The zero-order chi connectivity index (χ0) is 17.6. The van der Waals surface area contributed by atoms with Crippen LogP contribution in [0, 0.1) is 0 Å². The normalized spacial score (nSPS) is 14.4. The summed E-state index contributed by atoms with van der Waals surface area (Å²) in [6.07, 6.45) is 2.19. The lowest BCUT2D eigenvalue weighted by atomic mass is 10.2. The molecule has 1 heterocycles. The quantitative estimate of drug-likeness (QED) is 0.649. The molecule has 0 saturated carbocycles. The van der Waals surface area contributed by atoms with Gasteiger partial charge in [0, 0.05) is 23.7 Å². The molecule has 0 aliphatic carbocycles. The number of hydrazone groups is 1. The van der Waals surface area contributed by atoms with Crippen LogP contribution in [0.3, 0.4) is 0 Å². The molecule has 1 fully saturated rings. The average molecular weight is 359 g/mol. The molecule has 0 aromatic heterocycles. The first-order chi connectivity index (χ1) is 12.1. The third-order valence-corrected chi connectivity index (χ3v) is 3.99. The monoisotopic (exact) mass is 358 g/mol. The number of nitrogens with zero attached hydrogens (tertiary/aromatic N) is 2. The van der Waals surface area contributed by atoms with Gasteiger partial charge in [-0.05, 0) is 61.4 Å². The van der Waals surface area contributed by atoms with Crippen molar-refractivity contribution in [3.05, 3.63) is 59.1 Å². The Balaban J connectivity index is 1.59. The molecule has 7 heteroatoms. The number of guanidine groups is 1. The molecule has 0 unspecified atom stereocenters. The van der Waals surface area contributed by atoms with Crippen molar-refractivity contribution in [2.45, 2.75) is 12.8 Å². The van der Waals surface area contributed by atoms with Gasteiger partial charge in [-0.15, -0.1) is 5.10 Å². The van der Waals surface area contributed by atoms with Crippen molar-refractivity contribution in [2.75, 3.05) is 13.1 Å². The number of hydrogen-bond acceptors (Lipinski definition) is 4. The number of nitrogens with two attached hydrogens (primary N) is 1. The van der Waals surface area contributed by atoms with Crippen molar-refractivity contribution >= 4 is 23.5 Å². The van der Waals surface area contributed by atoms with E-state index in [0.29, 0.717) is 22.1 Å². The molecular formula is C18H19ClN4O2. The van der Waals surface area contributed by atoms with E-state index in [4.69, 9.17) is 22.1 Å². The van der Waals surface area contributed by atoms with Gasteiger partial charge in [0.15, 0.2) is 0 Å². The minimum atomic E-state index is -0.307. The van der Waals surface area contributed by atoms with Gasteiger partial charge in [0.05, 0.1) is 0 Å². The Bertz CT molecular complexity index is 754. The molecule has 130 valence electrons. The third-order valence-electron chi connectivity index (χ3n) is 3.74. The van der Waals surface area contributed by atoms with E-state index >= 15 is 0 Å². The van der Waals surface area contributed by atoms with Crippen LogP contribution in [0.4, 0.5) is 0 Å². The molecule has 3 rings (SSSR count). The fourth-order valence-electron chi connectivity index (χ4n) is 2.48. The molecule has 2 aromatic carbocycles. The lowest BCUT2D eigenvalue weighted by Crippen LogP contribution is -2.38. The standard InChI is InChI=1S/C18H19ClN4O2/c19-14-5-9-16(10-6-14)25-15-7-3-13(4-8-15)17(24)21-18(20)22-23-11-1-2-12-23/h3-10H,1-2,11-12H2,(H3,20,21,22,24). The number of amides is 1. The average Bonchev–Trinajstić information content (AvgIpc) is 3.10. The minimum Gasteiger partial charge on any atom is -0.457 e. The number of ether oxygens (including phenoxy) is 1. The maximum absolute atomic E-state index is 12.2. The van der Waals surface area contributed by atoms with Gasteiger partial charge >= 0.3 is 0 Å². The molecule has 25 heavy (non-hydrogen) atoms. The molecule has 3 N–H and O–H groups in total. The van der Waals surface area contributed by atoms with Crippen LogP contribution in [-0.4, -0.2) is 30.0 Å². The van der Waals surface area contributed by atoms with Gasteiger partial charge in [0.25, 0.3) is 5.91 Å². The van der Waals surface area contributed by atoms with Gasteiger partial charge in [-0.1, -0.05) is 11.6 Å². The summed E-state index contributed by atoms with van der Waals surface area (Å²) in [6, 6.07) is 13.8. The highest BCUT2D eigenvalue weighted by Crippen LogP contribution is 2.23. The van der Waals surface area contributed by atoms with Crippen molar-refractivity contribution in [1.29, 1.82) is 0 Å². The smallest absolute Gasteiger partial charge is 0.257 e. The number of carbonyl (C=O) groups is 1. The second-order valence-corrected chi connectivity index (χ2v) is 6.12. The van der Waals surface area contributed by atoms with E-state index in [0.717, 1.165) is 25.9 Å². The predicted octanol–water partition coefficient (Wildman–Crippen LogP) is 3.19. The van der Waals surface area contributed by atoms with Crippen LogP contribution in [-0.2, 0) is 0 Å². The maximum atomic E-state index is 12.2. The minimum absolute atomic E-state index is 0.105. The van der Waals surface area contributed by atoms with Crippen molar-refractivity contribution in [1.82, 2.24) is 10.3 Å². The Morgan fingerprint density at radius 1 is 1.04 bits per heavy atom. The highest BCUT2D eigenvalue weighted by atomic mass is 35.5. The number of rotatable bonds is 4. The Morgan fingerprint density at radius 2 is 1.60 bits per heavy atom. The van der Waals surface area contributed by atoms with E-state index in [9.17, 15) is 4.79 Å². The van der Waals surface area contributed by atoms with Gasteiger partial charge in [-0.25, -0.2) is 0 Å². The number of hydrogen-bond donors (Lipinski definition) is 2. The summed E-state index contributed by atoms with van der Waals surface area (Å²) in [5.74, 6) is 1.09. The van der Waals surface area contributed by atoms with E-state index in [1.54, 1.807) is 48.5 Å². The van der Waals surface area contributed by atoms with E-state index in [1.807, 2.05) is 5.01 Å². The van der Waals surface area contributed by atoms with Gasteiger partial charge in [-0.2, -0.15) is 0 Å². The second kappa shape index (κ2) is 7.90. The fraction of sp³-hybridized carbons (Fsp3) is 0.222. The summed E-state index contributed by atoms with van der Waals surface area (Å²) in [6.45, 7) is 1.74. The molecule has 1 aliphatic rings. The molecular weight excluding hydrogens is 340 g/mol. The van der Waals surface area contributed by atoms with Crippen LogP contribution in [0.15, 0.2) is 53.6 Å². The van der Waals surface area contributed by atoms with Gasteiger partial charge in [-0.3, -0.25) is 15.1 Å². The summed E-state index contributed by atoms with van der Waals surface area (Å²) in [5.41, 5.74) is 6.25. The van der Waals surface area contributed by atoms with Crippen LogP contribution in [0.5, 0.6) is 11.5 Å². The second-order valence-electron chi connectivity index (χ2n) is 5.68. The van der Waals surface area contributed by atoms with Crippen molar-refractivity contribution in [3.63, 3.8) is 0 Å². The number of benzene rings is 2. The van der Waals surface area contributed by atoms with E-state index in [2.05, 4.69) is 10.4 Å². The first-order valence-corrected chi connectivity index (χ1v) is 8.42. The van der Waals surface area contributed by atoms with Crippen molar-refractivity contribution in [2.24, 2.45) is 10.8 Å². The summed E-state index contributed by atoms with van der Waals surface area (Å²) in [7, 11) is 0. The first kappa shape index (κ1) is 17.1. The molecule has 6 nitrogen and oxygen atoms in total. The van der Waals surface area contributed by atoms with Crippen LogP contribution >= 0.6 is 11.6 Å². The summed E-state index contributed by atoms with van der Waals surface area (Å²) >= 11 is 5.84. The Labute approximate surface area is 151 Å². The third kappa shape index (κ3) is 4.87. The molecule has 1 saturated heterocycles. The SMILES string of the molecule is N/C(=N\N1CCCC1)NC(=O)c1ccc(Oc2ccc(Cl)cc2)cc1. The molecule has 2 aromatic rings. The summed E-state index contributed by atoms with van der Waals surface area (Å²) in [4.78, 5) is 12.2. The molecule has 0 bridgehead atoms. The molecule has 1 aliphatic heterocycles. The molecule has 1 amide bonds. The first-order valence-electron chi connectivity index (χ1n) is 8.04. The zero-order valence-corrected chi connectivity index (χ0v) is 14.4. The Morgan fingerprint density at radius 3 is 2.20 bits per heavy atom. The number of halogens is 1. The van der Waals surface area contributed by atoms with Gasteiger partial charge in [0.1, 0.15) is 11.5 Å². The lowest BCUT2D eigenvalue weighted by Gasteiger charge is -2.12. The Kier molecular flexibility index (Phi) is 5.40. The molecule has 0 spiro atoms. The highest BCUT2D eigenvalue weighted by molar-refractivity contribution is 6.30. The number of nitrogens with one attached hydrogen (secondary N) is 1. The van der Waals surface area contributed by atoms with Gasteiger partial charge in [0.2, 0.25) is 5.96 Å². The molecule has 0 radical (unpaired) electrons. The van der Waals surface area contributed by atoms with Crippen LogP contribution in [0.25, 0.3) is 0 Å². The van der Waals surface area contributed by atoms with Crippen molar-refractivity contribution < 1.29 is 9.53 Å². The van der Waals surface area contributed by atoms with Gasteiger partial charge < -0.3 is 10.5 Å². The van der Waals surface area contributed by atoms with E-state index in [1.165, 1.54) is 0 Å². The van der Waals surface area contributed by atoms with E-state index in [-0.39, 0.29) is 11.9 Å².